The average Bonchev–Trinajstić information content (AvgIpc) is 3.50. The number of carboxylic acids is 1. The van der Waals surface area contributed by atoms with Crippen molar-refractivity contribution in [1.29, 1.82) is 0 Å². The number of hydrogen-bond acceptors (Lipinski definition) is 6. The highest BCUT2D eigenvalue weighted by Gasteiger charge is 2.43. The van der Waals surface area contributed by atoms with E-state index in [-0.39, 0.29) is 30.4 Å². The lowest BCUT2D eigenvalue weighted by atomic mass is 10.00. The van der Waals surface area contributed by atoms with E-state index >= 15 is 0 Å². The second-order valence-electron chi connectivity index (χ2n) is 8.40. The minimum Gasteiger partial charge on any atom is -0.480 e. The summed E-state index contributed by atoms with van der Waals surface area (Å²) in [5.74, 6) is -2.05. The number of carbonyl (C=O) groups excluding carboxylic acids is 1. The molecule has 0 saturated heterocycles. The summed E-state index contributed by atoms with van der Waals surface area (Å²) in [6, 6.07) is 9.83. The highest BCUT2D eigenvalue weighted by atomic mass is 32.1. The maximum atomic E-state index is 14.1. The quantitative estimate of drug-likeness (QED) is 0.292. The van der Waals surface area contributed by atoms with Crippen molar-refractivity contribution in [3.8, 4) is 0 Å². The Morgan fingerprint density at radius 3 is 2.26 bits per heavy atom. The molecule has 0 radical (unpaired) electrons. The molecule has 3 aromatic rings. The minimum atomic E-state index is -4.89. The molecule has 2 heterocycles. The molecule has 188 valence electrons. The SMILES string of the molecule is CC(C)CC(C(=O)N(c1nccs1)C(Cc1ccccc1)C(=O)O)N(Cc1cccs1)P(=O)(O)O. The van der Waals surface area contributed by atoms with Gasteiger partial charge < -0.3 is 14.9 Å². The number of thiazole rings is 1. The summed E-state index contributed by atoms with van der Waals surface area (Å²) in [5.41, 5.74) is 0.708. The molecule has 0 bridgehead atoms. The highest BCUT2D eigenvalue weighted by molar-refractivity contribution is 7.49. The van der Waals surface area contributed by atoms with Gasteiger partial charge in [0, 0.05) is 29.4 Å². The first kappa shape index (κ1) is 27.2. The molecule has 2 aromatic heterocycles. The Bertz CT molecular complexity index is 1140. The first-order valence-corrected chi connectivity index (χ1v) is 14.2. The molecule has 35 heavy (non-hydrogen) atoms. The fourth-order valence-corrected chi connectivity index (χ4v) is 6.13. The molecule has 9 nitrogen and oxygen atoms in total. The standard InChI is InChI=1S/C23H28N3O6PS2/c1-16(2)13-19(25(33(30,31)32)15-18-9-6-11-34-18)21(27)26(23-24-10-12-35-23)20(22(28)29)14-17-7-4-3-5-8-17/h3-12,16,19-20H,13-15H2,1-2H3,(H,28,29)(H2,30,31,32). The van der Waals surface area contributed by atoms with E-state index in [2.05, 4.69) is 4.98 Å². The Labute approximate surface area is 211 Å². The predicted molar refractivity (Wildman–Crippen MR) is 136 cm³/mol. The number of amides is 1. The molecule has 3 rings (SSSR count). The largest absolute Gasteiger partial charge is 0.480 e. The zero-order valence-electron chi connectivity index (χ0n) is 19.3. The van der Waals surface area contributed by atoms with E-state index in [0.717, 1.165) is 20.9 Å². The van der Waals surface area contributed by atoms with E-state index in [9.17, 15) is 29.0 Å². The lowest BCUT2D eigenvalue weighted by Gasteiger charge is -2.36. The van der Waals surface area contributed by atoms with Crippen LogP contribution in [0.4, 0.5) is 5.13 Å². The Kier molecular flexibility index (Phi) is 9.34. The summed E-state index contributed by atoms with van der Waals surface area (Å²) in [6.07, 6.45) is 1.59. The van der Waals surface area contributed by atoms with Gasteiger partial charge in [-0.2, -0.15) is 4.67 Å². The molecule has 3 N–H and O–H groups in total. The average molecular weight is 538 g/mol. The van der Waals surface area contributed by atoms with Crippen LogP contribution in [0.5, 0.6) is 0 Å². The molecular weight excluding hydrogens is 509 g/mol. The summed E-state index contributed by atoms with van der Waals surface area (Å²) in [4.78, 5) is 53.0. The van der Waals surface area contributed by atoms with E-state index in [1.165, 1.54) is 17.5 Å². The molecule has 2 unspecified atom stereocenters. The van der Waals surface area contributed by atoms with Crippen molar-refractivity contribution in [2.24, 2.45) is 5.92 Å². The van der Waals surface area contributed by atoms with E-state index in [4.69, 9.17) is 0 Å². The first-order chi connectivity index (χ1) is 16.6. The van der Waals surface area contributed by atoms with Crippen molar-refractivity contribution in [1.82, 2.24) is 9.65 Å². The number of carbonyl (C=O) groups is 2. The third-order valence-corrected chi connectivity index (χ3v) is 8.02. The summed E-state index contributed by atoms with van der Waals surface area (Å²) in [5, 5.41) is 13.7. The van der Waals surface area contributed by atoms with E-state index < -0.39 is 31.7 Å². The van der Waals surface area contributed by atoms with Gasteiger partial charge in [-0.1, -0.05) is 50.2 Å². The monoisotopic (exact) mass is 537 g/mol. The lowest BCUT2D eigenvalue weighted by molar-refractivity contribution is -0.140. The van der Waals surface area contributed by atoms with Crippen LogP contribution in [0.25, 0.3) is 0 Å². The van der Waals surface area contributed by atoms with Gasteiger partial charge in [0.15, 0.2) is 5.13 Å². The Morgan fingerprint density at radius 1 is 1.03 bits per heavy atom. The molecule has 0 fully saturated rings. The maximum absolute atomic E-state index is 14.1. The number of hydrogen-bond donors (Lipinski definition) is 3. The maximum Gasteiger partial charge on any atom is 0.404 e. The second-order valence-corrected chi connectivity index (χ2v) is 11.8. The second kappa shape index (κ2) is 12.0. The van der Waals surface area contributed by atoms with Gasteiger partial charge in [-0.15, -0.1) is 22.7 Å². The predicted octanol–water partition coefficient (Wildman–Crippen LogP) is 4.24. The van der Waals surface area contributed by atoms with Crippen molar-refractivity contribution in [3.63, 3.8) is 0 Å². The molecular formula is C23H28N3O6PS2. The number of thiophene rings is 1. The molecule has 2 atom stereocenters. The smallest absolute Gasteiger partial charge is 0.404 e. The van der Waals surface area contributed by atoms with Gasteiger partial charge in [0.25, 0.3) is 0 Å². The summed E-state index contributed by atoms with van der Waals surface area (Å²) >= 11 is 2.42. The van der Waals surface area contributed by atoms with Crippen molar-refractivity contribution < 1.29 is 29.0 Å². The number of nitrogens with zero attached hydrogens (tertiary/aromatic N) is 3. The zero-order valence-corrected chi connectivity index (χ0v) is 21.8. The molecule has 0 spiro atoms. The Morgan fingerprint density at radius 2 is 1.74 bits per heavy atom. The lowest BCUT2D eigenvalue weighted by Crippen LogP contribution is -2.54. The van der Waals surface area contributed by atoms with Crippen LogP contribution in [0.15, 0.2) is 59.4 Å². The van der Waals surface area contributed by atoms with Gasteiger partial charge in [0.2, 0.25) is 5.91 Å². The van der Waals surface area contributed by atoms with Crippen LogP contribution >= 0.6 is 30.4 Å². The summed E-state index contributed by atoms with van der Waals surface area (Å²) in [6.45, 7) is 3.54. The van der Waals surface area contributed by atoms with E-state index in [0.29, 0.717) is 10.4 Å². The van der Waals surface area contributed by atoms with Gasteiger partial charge in [0.05, 0.1) is 0 Å². The van der Waals surface area contributed by atoms with E-state index in [1.54, 1.807) is 47.2 Å². The molecule has 1 amide bonds. The third-order valence-electron chi connectivity index (χ3n) is 5.30. The molecule has 1 aromatic carbocycles. The van der Waals surface area contributed by atoms with Crippen LogP contribution < -0.4 is 4.90 Å². The summed E-state index contributed by atoms with van der Waals surface area (Å²) in [7, 11) is -4.89. The summed E-state index contributed by atoms with van der Waals surface area (Å²) < 4.78 is 13.5. The zero-order chi connectivity index (χ0) is 25.6. The molecule has 12 heteroatoms. The number of benzene rings is 1. The van der Waals surface area contributed by atoms with Crippen molar-refractivity contribution in [2.45, 2.75) is 45.3 Å². The van der Waals surface area contributed by atoms with Crippen LogP contribution in [-0.4, -0.2) is 48.5 Å². The molecule has 0 aliphatic heterocycles. The third kappa shape index (κ3) is 7.30. The van der Waals surface area contributed by atoms with Crippen LogP contribution in [0.3, 0.4) is 0 Å². The number of rotatable bonds is 12. The number of aliphatic carboxylic acids is 1. The van der Waals surface area contributed by atoms with Gasteiger partial charge in [-0.05, 0) is 29.3 Å². The molecule has 0 aliphatic rings. The molecule has 0 aliphatic carbocycles. The number of anilines is 1. The number of carboxylic acid groups (broad SMARTS) is 1. The van der Waals surface area contributed by atoms with Crippen LogP contribution in [-0.2, 0) is 27.1 Å². The minimum absolute atomic E-state index is 0.0106. The van der Waals surface area contributed by atoms with Crippen molar-refractivity contribution in [3.05, 3.63) is 69.9 Å². The van der Waals surface area contributed by atoms with Gasteiger partial charge in [0.1, 0.15) is 12.1 Å². The Balaban J connectivity index is 2.07. The normalized spacial score (nSPS) is 13.7. The van der Waals surface area contributed by atoms with Crippen molar-refractivity contribution in [2.75, 3.05) is 4.90 Å². The van der Waals surface area contributed by atoms with E-state index in [1.807, 2.05) is 19.9 Å². The van der Waals surface area contributed by atoms with Crippen molar-refractivity contribution >= 4 is 47.4 Å². The van der Waals surface area contributed by atoms with Crippen LogP contribution in [0.2, 0.25) is 0 Å². The number of aromatic nitrogens is 1. The Hall–Kier alpha value is -2.40. The van der Waals surface area contributed by atoms with Crippen LogP contribution in [0.1, 0.15) is 30.7 Å². The topological polar surface area (TPSA) is 131 Å². The van der Waals surface area contributed by atoms with Crippen LogP contribution in [0, 0.1) is 5.92 Å². The van der Waals surface area contributed by atoms with Gasteiger partial charge in [-0.25, -0.2) is 14.3 Å². The van der Waals surface area contributed by atoms with Gasteiger partial charge >= 0.3 is 13.7 Å². The fourth-order valence-electron chi connectivity index (χ4n) is 3.75. The fraction of sp³-hybridized carbons (Fsp3) is 0.348. The molecule has 0 saturated carbocycles. The highest BCUT2D eigenvalue weighted by Crippen LogP contribution is 2.45. The first-order valence-electron chi connectivity index (χ1n) is 10.9. The van der Waals surface area contributed by atoms with Gasteiger partial charge in [-0.3, -0.25) is 9.69 Å².